The van der Waals surface area contributed by atoms with E-state index in [1.807, 2.05) is 18.2 Å². The Bertz CT molecular complexity index is 84.4. The Morgan fingerprint density at radius 2 is 1.38 bits per heavy atom. The Labute approximate surface area is 68.7 Å². The molecule has 0 atom stereocenters. The Balaban J connectivity index is 0. The van der Waals surface area contributed by atoms with Crippen molar-refractivity contribution in [1.29, 1.82) is 0 Å². The van der Waals surface area contributed by atoms with Crippen molar-refractivity contribution in [1.82, 2.24) is 4.98 Å². The van der Waals surface area contributed by atoms with E-state index in [2.05, 4.69) is 4.98 Å². The molecule has 0 aliphatic rings. The summed E-state index contributed by atoms with van der Waals surface area (Å²) in [7, 11) is 0. The molecule has 0 aliphatic carbocycles. The van der Waals surface area contributed by atoms with Gasteiger partial charge in [0.05, 0.1) is 0 Å². The average molecular weight is 179 g/mol. The van der Waals surface area contributed by atoms with Crippen LogP contribution in [-0.4, -0.2) is 4.98 Å². The summed E-state index contributed by atoms with van der Waals surface area (Å²) in [5.41, 5.74) is 0. The van der Waals surface area contributed by atoms with E-state index in [0.29, 0.717) is 0 Å². The van der Waals surface area contributed by atoms with Gasteiger partial charge in [-0.1, -0.05) is 6.07 Å². The summed E-state index contributed by atoms with van der Waals surface area (Å²) in [5.74, 6) is 0. The van der Waals surface area contributed by atoms with Gasteiger partial charge in [0, 0.05) is 31.9 Å². The number of pyridine rings is 1. The molecule has 40 valence electrons. The summed E-state index contributed by atoms with van der Waals surface area (Å²) in [6.07, 6.45) is 3.50. The third-order valence-electron chi connectivity index (χ3n) is 0.566. The van der Waals surface area contributed by atoms with Gasteiger partial charge in [0.1, 0.15) is 0 Å². The predicted octanol–water partition coefficient (Wildman–Crippen LogP) is 1.19. The predicted molar refractivity (Wildman–Crippen MR) is 34.6 cm³/mol. The van der Waals surface area contributed by atoms with Crippen molar-refractivity contribution in [3.05, 3.63) is 30.6 Å². The quantitative estimate of drug-likeness (QED) is 0.544. The van der Waals surface area contributed by atoms with Crippen LogP contribution in [0.25, 0.3) is 0 Å². The Morgan fingerprint density at radius 3 is 1.50 bits per heavy atom. The molecule has 0 amide bonds. The maximum Gasteiger partial charge on any atom is 0.0267 e. The maximum absolute atomic E-state index is 3.78. The van der Waals surface area contributed by atoms with E-state index in [4.69, 9.17) is 0 Å². The standard InChI is InChI=1S/C5H5N.H2S.Zn/c1-2-4-6-5-3-1;;/h1-5H;1H2;. The van der Waals surface area contributed by atoms with E-state index in [1.54, 1.807) is 12.4 Å². The summed E-state index contributed by atoms with van der Waals surface area (Å²) in [5, 5.41) is 0. The smallest absolute Gasteiger partial charge is 0.0267 e. The molecule has 1 heterocycles. The summed E-state index contributed by atoms with van der Waals surface area (Å²) >= 11 is 0. The second kappa shape index (κ2) is 7.12. The third kappa shape index (κ3) is 4.29. The van der Waals surface area contributed by atoms with Gasteiger partial charge in [-0.15, -0.1) is 0 Å². The molecule has 8 heavy (non-hydrogen) atoms. The van der Waals surface area contributed by atoms with Crippen LogP contribution < -0.4 is 0 Å². The van der Waals surface area contributed by atoms with Crippen molar-refractivity contribution in [2.24, 2.45) is 0 Å². The molecule has 0 saturated heterocycles. The molecular formula is C5H7NSZn. The number of nitrogens with zero attached hydrogens (tertiary/aromatic N) is 1. The van der Waals surface area contributed by atoms with Gasteiger partial charge in [0.25, 0.3) is 0 Å². The molecule has 1 aromatic rings. The molecule has 0 aromatic carbocycles. The molecule has 1 aromatic heterocycles. The first-order valence-electron chi connectivity index (χ1n) is 1.85. The molecule has 0 saturated carbocycles. The summed E-state index contributed by atoms with van der Waals surface area (Å²) in [4.78, 5) is 3.78. The average Bonchev–Trinajstić information content (AvgIpc) is 1.72. The van der Waals surface area contributed by atoms with Crippen molar-refractivity contribution in [2.75, 3.05) is 0 Å². The van der Waals surface area contributed by atoms with Crippen LogP contribution >= 0.6 is 13.5 Å². The van der Waals surface area contributed by atoms with Crippen LogP contribution in [0.5, 0.6) is 0 Å². The SMILES string of the molecule is S.[Zn].c1ccncc1. The van der Waals surface area contributed by atoms with Crippen LogP contribution in [0.15, 0.2) is 30.6 Å². The second-order valence-corrected chi connectivity index (χ2v) is 1.02. The molecule has 3 heteroatoms. The number of rotatable bonds is 0. The summed E-state index contributed by atoms with van der Waals surface area (Å²) in [6, 6.07) is 5.72. The second-order valence-electron chi connectivity index (χ2n) is 1.02. The summed E-state index contributed by atoms with van der Waals surface area (Å²) < 4.78 is 0. The van der Waals surface area contributed by atoms with Gasteiger partial charge >= 0.3 is 0 Å². The summed E-state index contributed by atoms with van der Waals surface area (Å²) in [6.45, 7) is 0. The van der Waals surface area contributed by atoms with E-state index >= 15 is 0 Å². The van der Waals surface area contributed by atoms with Gasteiger partial charge in [-0.25, -0.2) is 0 Å². The first kappa shape index (κ1) is 11.0. The van der Waals surface area contributed by atoms with Gasteiger partial charge in [0.2, 0.25) is 0 Å². The first-order valence-corrected chi connectivity index (χ1v) is 1.85. The van der Waals surface area contributed by atoms with Crippen molar-refractivity contribution in [3.8, 4) is 0 Å². The molecule has 0 aliphatic heterocycles. The van der Waals surface area contributed by atoms with E-state index in [1.165, 1.54) is 0 Å². The topological polar surface area (TPSA) is 12.9 Å². The Morgan fingerprint density at radius 1 is 0.875 bits per heavy atom. The molecule has 0 bridgehead atoms. The normalized spacial score (nSPS) is 6.00. The van der Waals surface area contributed by atoms with Crippen molar-refractivity contribution < 1.29 is 19.5 Å². The fraction of sp³-hybridized carbons (Fsp3) is 0. The zero-order valence-corrected chi connectivity index (χ0v) is 8.51. The molecule has 0 spiro atoms. The maximum atomic E-state index is 3.78. The van der Waals surface area contributed by atoms with Crippen LogP contribution in [0.3, 0.4) is 0 Å². The molecule has 0 radical (unpaired) electrons. The van der Waals surface area contributed by atoms with Crippen LogP contribution in [0, 0.1) is 0 Å². The largest absolute Gasteiger partial charge is 0.265 e. The van der Waals surface area contributed by atoms with Crippen LogP contribution in [0.2, 0.25) is 0 Å². The van der Waals surface area contributed by atoms with E-state index in [0.717, 1.165) is 0 Å². The molecule has 0 N–H and O–H groups in total. The van der Waals surface area contributed by atoms with E-state index in [-0.39, 0.29) is 33.0 Å². The molecule has 1 rings (SSSR count). The molecular weight excluding hydrogens is 172 g/mol. The first-order chi connectivity index (χ1) is 3.00. The Kier molecular flexibility index (Phi) is 9.79. The third-order valence-corrected chi connectivity index (χ3v) is 0.566. The van der Waals surface area contributed by atoms with Crippen molar-refractivity contribution >= 4 is 13.5 Å². The molecule has 0 unspecified atom stereocenters. The van der Waals surface area contributed by atoms with Gasteiger partial charge in [-0.2, -0.15) is 13.5 Å². The van der Waals surface area contributed by atoms with E-state index in [9.17, 15) is 0 Å². The number of hydrogen-bond acceptors (Lipinski definition) is 1. The van der Waals surface area contributed by atoms with Crippen molar-refractivity contribution in [2.45, 2.75) is 0 Å². The fourth-order valence-electron chi connectivity index (χ4n) is 0.313. The molecule has 0 fully saturated rings. The van der Waals surface area contributed by atoms with E-state index < -0.39 is 0 Å². The van der Waals surface area contributed by atoms with Gasteiger partial charge in [-0.3, -0.25) is 4.98 Å². The van der Waals surface area contributed by atoms with Crippen molar-refractivity contribution in [3.63, 3.8) is 0 Å². The number of aromatic nitrogens is 1. The Hall–Kier alpha value is 0.123. The minimum absolute atomic E-state index is 0. The minimum atomic E-state index is 0. The van der Waals surface area contributed by atoms with Gasteiger partial charge < -0.3 is 0 Å². The fourth-order valence-corrected chi connectivity index (χ4v) is 0.313. The number of hydrogen-bond donors (Lipinski definition) is 0. The van der Waals surface area contributed by atoms with Gasteiger partial charge in [-0.05, 0) is 12.1 Å². The van der Waals surface area contributed by atoms with Crippen LogP contribution in [0.4, 0.5) is 0 Å². The van der Waals surface area contributed by atoms with Gasteiger partial charge in [0.15, 0.2) is 0 Å². The molecule has 1 nitrogen and oxygen atoms in total. The zero-order chi connectivity index (χ0) is 4.24. The minimum Gasteiger partial charge on any atom is -0.265 e. The monoisotopic (exact) mass is 177 g/mol. The van der Waals surface area contributed by atoms with Crippen LogP contribution in [-0.2, 0) is 19.5 Å². The zero-order valence-electron chi connectivity index (χ0n) is 4.54. The van der Waals surface area contributed by atoms with Crippen LogP contribution in [0.1, 0.15) is 0 Å².